The number of piperidine rings is 1. The number of para-hydroxylation sites is 1. The van der Waals surface area contributed by atoms with Gasteiger partial charge in [-0.05, 0) is 49.4 Å². The van der Waals surface area contributed by atoms with E-state index in [1.54, 1.807) is 0 Å². The third-order valence-corrected chi connectivity index (χ3v) is 5.60. The molecule has 0 spiro atoms. The number of likely N-dealkylation sites (tertiary alicyclic amines) is 1. The first-order valence-electron chi connectivity index (χ1n) is 9.45. The molecule has 0 unspecified atom stereocenters. The Morgan fingerprint density at radius 1 is 1.07 bits per heavy atom. The van der Waals surface area contributed by atoms with E-state index in [0.717, 1.165) is 30.7 Å². The normalized spacial score (nSPS) is 23.3. The van der Waals surface area contributed by atoms with Crippen molar-refractivity contribution in [2.24, 2.45) is 5.92 Å². The fraction of sp³-hybridized carbons (Fsp3) is 0.364. The second-order valence-corrected chi connectivity index (χ2v) is 7.45. The van der Waals surface area contributed by atoms with Crippen LogP contribution in [0, 0.1) is 12.8 Å². The van der Waals surface area contributed by atoms with Crippen molar-refractivity contribution < 1.29 is 14.3 Å². The molecule has 5 nitrogen and oxygen atoms in total. The van der Waals surface area contributed by atoms with Crippen molar-refractivity contribution >= 4 is 11.8 Å². The number of carbonyl (C=O) groups excluding carboxylic acids is 2. The summed E-state index contributed by atoms with van der Waals surface area (Å²) >= 11 is 0. The van der Waals surface area contributed by atoms with E-state index in [9.17, 15) is 9.59 Å². The van der Waals surface area contributed by atoms with Gasteiger partial charge in [-0.15, -0.1) is 0 Å². The van der Waals surface area contributed by atoms with Crippen molar-refractivity contribution in [1.29, 1.82) is 0 Å². The minimum atomic E-state index is -0.0725. The number of nitrogens with one attached hydrogen (secondary N) is 1. The van der Waals surface area contributed by atoms with E-state index in [2.05, 4.69) is 5.32 Å². The van der Waals surface area contributed by atoms with Crippen LogP contribution < -0.4 is 10.1 Å². The van der Waals surface area contributed by atoms with Crippen LogP contribution in [-0.2, 0) is 4.79 Å². The topological polar surface area (TPSA) is 58.6 Å². The number of rotatable bonds is 5. The summed E-state index contributed by atoms with van der Waals surface area (Å²) in [6, 6.07) is 17.0. The Morgan fingerprint density at radius 2 is 1.81 bits per heavy atom. The molecule has 2 amide bonds. The van der Waals surface area contributed by atoms with Crippen LogP contribution in [0.2, 0.25) is 0 Å². The minimum Gasteiger partial charge on any atom is -0.484 e. The number of nitrogens with zero attached hydrogens (tertiary/aromatic N) is 1. The maximum absolute atomic E-state index is 12.7. The fourth-order valence-corrected chi connectivity index (χ4v) is 4.25. The SMILES string of the molecule is Cc1ccccc1OCC(=O)N1C[C@@H]2C[C@H](NC(=O)c3ccccc3)[C@H]1C2. The average molecular weight is 364 g/mol. The van der Waals surface area contributed by atoms with Gasteiger partial charge in [0.15, 0.2) is 6.61 Å². The highest BCUT2D eigenvalue weighted by molar-refractivity contribution is 5.94. The summed E-state index contributed by atoms with van der Waals surface area (Å²) < 4.78 is 5.73. The van der Waals surface area contributed by atoms with Gasteiger partial charge in [-0.3, -0.25) is 9.59 Å². The highest BCUT2D eigenvalue weighted by Gasteiger charge is 2.47. The van der Waals surface area contributed by atoms with Gasteiger partial charge in [-0.25, -0.2) is 0 Å². The van der Waals surface area contributed by atoms with Crippen molar-refractivity contribution in [2.45, 2.75) is 31.8 Å². The monoisotopic (exact) mass is 364 g/mol. The van der Waals surface area contributed by atoms with Gasteiger partial charge in [0.2, 0.25) is 0 Å². The minimum absolute atomic E-state index is 0.00980. The maximum Gasteiger partial charge on any atom is 0.260 e. The number of hydrogen-bond donors (Lipinski definition) is 1. The van der Waals surface area contributed by atoms with Gasteiger partial charge < -0.3 is 15.0 Å². The number of ether oxygens (including phenoxy) is 1. The Hall–Kier alpha value is -2.82. The number of amides is 2. The maximum atomic E-state index is 12.7. The van der Waals surface area contributed by atoms with Crippen LogP contribution in [0.15, 0.2) is 54.6 Å². The van der Waals surface area contributed by atoms with Crippen molar-refractivity contribution in [3.8, 4) is 5.75 Å². The van der Waals surface area contributed by atoms with Crippen LogP contribution in [0.3, 0.4) is 0 Å². The molecule has 2 aromatic rings. The van der Waals surface area contributed by atoms with Crippen molar-refractivity contribution in [3.05, 3.63) is 65.7 Å². The molecule has 1 saturated carbocycles. The molecule has 2 bridgehead atoms. The molecule has 1 N–H and O–H groups in total. The lowest BCUT2D eigenvalue weighted by Gasteiger charge is -2.33. The quantitative estimate of drug-likeness (QED) is 0.888. The molecule has 0 radical (unpaired) electrons. The smallest absolute Gasteiger partial charge is 0.260 e. The summed E-state index contributed by atoms with van der Waals surface area (Å²) in [6.45, 7) is 2.76. The third kappa shape index (κ3) is 3.68. The summed E-state index contributed by atoms with van der Waals surface area (Å²) in [6.07, 6.45) is 1.89. The number of benzene rings is 2. The first-order chi connectivity index (χ1) is 13.1. The molecule has 0 aromatic heterocycles. The molecule has 1 aliphatic carbocycles. The number of fused-ring (bicyclic) bond motifs is 2. The molecule has 27 heavy (non-hydrogen) atoms. The standard InChI is InChI=1S/C22H24N2O3/c1-15-7-5-6-10-20(15)27-14-21(25)24-13-16-11-18(19(24)12-16)23-22(26)17-8-3-2-4-9-17/h2-10,16,18-19H,11-14H2,1H3,(H,23,26)/t16-,18+,19-/m1/s1. The molecule has 3 atom stereocenters. The van der Waals surface area contributed by atoms with E-state index < -0.39 is 0 Å². The third-order valence-electron chi connectivity index (χ3n) is 5.60. The molecule has 2 fully saturated rings. The second-order valence-electron chi connectivity index (χ2n) is 7.45. The van der Waals surface area contributed by atoms with Gasteiger partial charge in [-0.1, -0.05) is 36.4 Å². The average Bonchev–Trinajstić information content (AvgIpc) is 3.28. The van der Waals surface area contributed by atoms with E-state index in [0.29, 0.717) is 11.5 Å². The van der Waals surface area contributed by atoms with Crippen LogP contribution in [0.25, 0.3) is 0 Å². The Bertz CT molecular complexity index is 836. The molecule has 140 valence electrons. The molecule has 1 aliphatic heterocycles. The lowest BCUT2D eigenvalue weighted by molar-refractivity contribution is -0.135. The predicted octanol–water partition coefficient (Wildman–Crippen LogP) is 2.79. The number of aryl methyl sites for hydroxylation is 1. The second kappa shape index (κ2) is 7.43. The fourth-order valence-electron chi connectivity index (χ4n) is 4.25. The summed E-state index contributed by atoms with van der Waals surface area (Å²) in [5.41, 5.74) is 1.67. The number of carbonyl (C=O) groups is 2. The van der Waals surface area contributed by atoms with E-state index >= 15 is 0 Å². The van der Waals surface area contributed by atoms with Crippen molar-refractivity contribution in [2.75, 3.05) is 13.2 Å². The number of hydrogen-bond acceptors (Lipinski definition) is 3. The van der Waals surface area contributed by atoms with Crippen molar-refractivity contribution in [1.82, 2.24) is 10.2 Å². The van der Waals surface area contributed by atoms with Gasteiger partial charge >= 0.3 is 0 Å². The van der Waals surface area contributed by atoms with Gasteiger partial charge in [0.25, 0.3) is 11.8 Å². The Labute approximate surface area is 159 Å². The molecule has 1 heterocycles. The van der Waals surface area contributed by atoms with E-state index in [-0.39, 0.29) is 30.5 Å². The van der Waals surface area contributed by atoms with Crippen LogP contribution in [-0.4, -0.2) is 41.9 Å². The zero-order valence-electron chi connectivity index (χ0n) is 15.4. The van der Waals surface area contributed by atoms with Crippen LogP contribution in [0.1, 0.15) is 28.8 Å². The first-order valence-corrected chi connectivity index (χ1v) is 9.45. The lowest BCUT2D eigenvalue weighted by Crippen LogP contribution is -2.52. The van der Waals surface area contributed by atoms with E-state index in [1.807, 2.05) is 66.4 Å². The van der Waals surface area contributed by atoms with E-state index in [4.69, 9.17) is 4.74 Å². The van der Waals surface area contributed by atoms with Gasteiger partial charge in [0.05, 0.1) is 6.04 Å². The van der Waals surface area contributed by atoms with E-state index in [1.165, 1.54) is 0 Å². The van der Waals surface area contributed by atoms with Gasteiger partial charge in [0, 0.05) is 18.2 Å². The summed E-state index contributed by atoms with van der Waals surface area (Å²) in [5, 5.41) is 3.12. The Balaban J connectivity index is 1.37. The Kier molecular flexibility index (Phi) is 4.84. The van der Waals surface area contributed by atoms with Crippen LogP contribution >= 0.6 is 0 Å². The summed E-state index contributed by atoms with van der Waals surface area (Å²) in [4.78, 5) is 27.1. The molecular weight excluding hydrogens is 340 g/mol. The Morgan fingerprint density at radius 3 is 2.56 bits per heavy atom. The zero-order chi connectivity index (χ0) is 18.8. The molecule has 5 heteroatoms. The molecule has 4 rings (SSSR count). The molecule has 2 aromatic carbocycles. The first kappa shape index (κ1) is 17.6. The lowest BCUT2D eigenvalue weighted by atomic mass is 10.0. The largest absolute Gasteiger partial charge is 0.484 e. The predicted molar refractivity (Wildman–Crippen MR) is 103 cm³/mol. The summed E-state index contributed by atoms with van der Waals surface area (Å²) in [5.74, 6) is 1.11. The highest BCUT2D eigenvalue weighted by atomic mass is 16.5. The molecular formula is C22H24N2O3. The highest BCUT2D eigenvalue weighted by Crippen LogP contribution is 2.38. The van der Waals surface area contributed by atoms with Crippen LogP contribution in [0.5, 0.6) is 5.75 Å². The van der Waals surface area contributed by atoms with Crippen molar-refractivity contribution in [3.63, 3.8) is 0 Å². The molecule has 1 saturated heterocycles. The zero-order valence-corrected chi connectivity index (χ0v) is 15.4. The summed E-state index contributed by atoms with van der Waals surface area (Å²) in [7, 11) is 0. The molecule has 2 aliphatic rings. The van der Waals surface area contributed by atoms with Gasteiger partial charge in [0.1, 0.15) is 5.75 Å². The van der Waals surface area contributed by atoms with Crippen LogP contribution in [0.4, 0.5) is 0 Å². The van der Waals surface area contributed by atoms with Gasteiger partial charge in [-0.2, -0.15) is 0 Å².